The van der Waals surface area contributed by atoms with Gasteiger partial charge in [0.15, 0.2) is 12.4 Å². The number of halogens is 1. The molecule has 4 aromatic carbocycles. The van der Waals surface area contributed by atoms with Crippen LogP contribution in [0.2, 0.25) is 5.02 Å². The molecule has 186 valence electrons. The predicted molar refractivity (Wildman–Crippen MR) is 146 cm³/mol. The first-order chi connectivity index (χ1) is 18.5. The molecule has 6 rings (SSSR count). The van der Waals surface area contributed by atoms with Gasteiger partial charge in [0.2, 0.25) is 5.82 Å². The van der Waals surface area contributed by atoms with Gasteiger partial charge in [-0.1, -0.05) is 54.1 Å². The number of benzene rings is 4. The van der Waals surface area contributed by atoms with Gasteiger partial charge in [0, 0.05) is 16.0 Å². The normalized spacial score (nSPS) is 11.6. The van der Waals surface area contributed by atoms with E-state index in [1.807, 2.05) is 30.3 Å². The molecule has 0 aliphatic heterocycles. The van der Waals surface area contributed by atoms with Gasteiger partial charge in [-0.05, 0) is 53.2 Å². The average molecular weight is 524 g/mol. The minimum atomic E-state index is -1.11. The molecule has 0 fully saturated rings. The number of carboxylic acids is 1. The van der Waals surface area contributed by atoms with Crippen molar-refractivity contribution in [3.05, 3.63) is 106 Å². The standard InChI is InChI=1S/C29H18ClN3O5/c30-19-10-12-24-18(13-19)14-26(38-24)28-32-23-8-4-3-7-21(23)29(36)33(28)31-15-22-20-6-2-1-5-17(20)9-11-25(22)37-16-27(34)35/h1-15H,16H2,(H,34,35). The Balaban J connectivity index is 1.57. The quantitative estimate of drug-likeness (QED) is 0.270. The van der Waals surface area contributed by atoms with Crippen LogP contribution in [0.5, 0.6) is 5.75 Å². The molecule has 0 aliphatic rings. The summed E-state index contributed by atoms with van der Waals surface area (Å²) >= 11 is 6.15. The lowest BCUT2D eigenvalue weighted by Gasteiger charge is -2.11. The van der Waals surface area contributed by atoms with E-state index in [1.54, 1.807) is 54.6 Å². The Hall–Kier alpha value is -4.95. The van der Waals surface area contributed by atoms with E-state index in [-0.39, 0.29) is 5.82 Å². The van der Waals surface area contributed by atoms with Crippen LogP contribution in [0.25, 0.3) is 44.2 Å². The highest BCUT2D eigenvalue weighted by molar-refractivity contribution is 6.31. The first-order valence-corrected chi connectivity index (χ1v) is 12.0. The van der Waals surface area contributed by atoms with Crippen molar-refractivity contribution in [3.8, 4) is 17.3 Å². The summed E-state index contributed by atoms with van der Waals surface area (Å²) in [6.07, 6.45) is 1.47. The van der Waals surface area contributed by atoms with Gasteiger partial charge in [-0.3, -0.25) is 4.79 Å². The third-order valence-electron chi connectivity index (χ3n) is 6.04. The van der Waals surface area contributed by atoms with Crippen LogP contribution in [-0.2, 0) is 4.79 Å². The molecule has 0 bridgehead atoms. The van der Waals surface area contributed by atoms with Crippen molar-refractivity contribution in [1.29, 1.82) is 0 Å². The Morgan fingerprint density at radius 3 is 2.63 bits per heavy atom. The molecule has 0 saturated heterocycles. The number of para-hydroxylation sites is 1. The lowest BCUT2D eigenvalue weighted by molar-refractivity contribution is -0.139. The second-order valence-electron chi connectivity index (χ2n) is 8.49. The van der Waals surface area contributed by atoms with Crippen LogP contribution >= 0.6 is 11.6 Å². The molecule has 8 nitrogen and oxygen atoms in total. The van der Waals surface area contributed by atoms with Crippen LogP contribution in [0.3, 0.4) is 0 Å². The number of carboxylic acid groups (broad SMARTS) is 1. The molecule has 2 heterocycles. The predicted octanol–water partition coefficient (Wildman–Crippen LogP) is 5.96. The van der Waals surface area contributed by atoms with Crippen LogP contribution in [0.15, 0.2) is 99.2 Å². The molecule has 1 N–H and O–H groups in total. The zero-order valence-electron chi connectivity index (χ0n) is 19.7. The largest absolute Gasteiger partial charge is 0.481 e. The van der Waals surface area contributed by atoms with Crippen molar-refractivity contribution in [1.82, 2.24) is 9.66 Å². The first kappa shape index (κ1) is 23.4. The number of hydrogen-bond acceptors (Lipinski definition) is 6. The molecule has 0 saturated carbocycles. The van der Waals surface area contributed by atoms with E-state index >= 15 is 0 Å². The number of rotatable bonds is 6. The molecule has 38 heavy (non-hydrogen) atoms. The lowest BCUT2D eigenvalue weighted by atomic mass is 10.0. The molecular weight excluding hydrogens is 506 g/mol. The van der Waals surface area contributed by atoms with Gasteiger partial charge in [-0.25, -0.2) is 9.78 Å². The molecule has 0 spiro atoms. The van der Waals surface area contributed by atoms with E-state index in [1.165, 1.54) is 10.9 Å². The minimum Gasteiger partial charge on any atom is -0.481 e. The van der Waals surface area contributed by atoms with Gasteiger partial charge in [-0.2, -0.15) is 9.78 Å². The van der Waals surface area contributed by atoms with Gasteiger partial charge in [-0.15, -0.1) is 0 Å². The molecule has 0 radical (unpaired) electrons. The number of furan rings is 1. The van der Waals surface area contributed by atoms with Crippen LogP contribution < -0.4 is 10.3 Å². The molecule has 6 aromatic rings. The van der Waals surface area contributed by atoms with Crippen molar-refractivity contribution in [2.45, 2.75) is 0 Å². The van der Waals surface area contributed by atoms with Gasteiger partial charge < -0.3 is 14.3 Å². The van der Waals surface area contributed by atoms with E-state index < -0.39 is 18.1 Å². The summed E-state index contributed by atoms with van der Waals surface area (Å²) in [7, 11) is 0. The topological polar surface area (TPSA) is 107 Å². The van der Waals surface area contributed by atoms with Gasteiger partial charge in [0.25, 0.3) is 5.56 Å². The van der Waals surface area contributed by atoms with Crippen LogP contribution in [0.1, 0.15) is 5.56 Å². The van der Waals surface area contributed by atoms with Crippen LogP contribution in [0, 0.1) is 0 Å². The molecule has 0 unspecified atom stereocenters. The fraction of sp³-hybridized carbons (Fsp3) is 0.0345. The molecule has 0 aliphatic carbocycles. The monoisotopic (exact) mass is 523 g/mol. The number of carbonyl (C=O) groups is 1. The van der Waals surface area contributed by atoms with Gasteiger partial charge in [0.05, 0.1) is 17.1 Å². The minimum absolute atomic E-state index is 0.200. The summed E-state index contributed by atoms with van der Waals surface area (Å²) in [5.41, 5.74) is 1.20. The maximum atomic E-state index is 13.6. The summed E-state index contributed by atoms with van der Waals surface area (Å²) in [6, 6.07) is 25.0. The van der Waals surface area contributed by atoms with Crippen molar-refractivity contribution in [2.75, 3.05) is 6.61 Å². The number of nitrogens with zero attached hydrogens (tertiary/aromatic N) is 3. The fourth-order valence-electron chi connectivity index (χ4n) is 4.30. The molecule has 0 amide bonds. The Morgan fingerprint density at radius 2 is 1.79 bits per heavy atom. The van der Waals surface area contributed by atoms with Gasteiger partial charge >= 0.3 is 5.97 Å². The van der Waals surface area contributed by atoms with E-state index in [2.05, 4.69) is 5.10 Å². The van der Waals surface area contributed by atoms with Crippen LogP contribution in [0.4, 0.5) is 0 Å². The molecule has 2 aromatic heterocycles. The number of aliphatic carboxylic acids is 1. The zero-order valence-corrected chi connectivity index (χ0v) is 20.4. The van der Waals surface area contributed by atoms with Gasteiger partial charge in [0.1, 0.15) is 11.3 Å². The highest BCUT2D eigenvalue weighted by Crippen LogP contribution is 2.30. The third-order valence-corrected chi connectivity index (χ3v) is 6.27. The number of aromatic nitrogens is 2. The number of ether oxygens (including phenoxy) is 1. The smallest absolute Gasteiger partial charge is 0.341 e. The zero-order chi connectivity index (χ0) is 26.2. The lowest BCUT2D eigenvalue weighted by Crippen LogP contribution is -2.20. The summed E-state index contributed by atoms with van der Waals surface area (Å²) in [4.78, 5) is 29.5. The van der Waals surface area contributed by atoms with Crippen molar-refractivity contribution in [2.24, 2.45) is 5.10 Å². The molecule has 9 heteroatoms. The van der Waals surface area contributed by atoms with Crippen LogP contribution in [-0.4, -0.2) is 33.6 Å². The Morgan fingerprint density at radius 1 is 1.00 bits per heavy atom. The Bertz CT molecular complexity index is 1960. The highest BCUT2D eigenvalue weighted by atomic mass is 35.5. The number of hydrogen-bond donors (Lipinski definition) is 1. The molecular formula is C29H18ClN3O5. The SMILES string of the molecule is O=C(O)COc1ccc2ccccc2c1C=Nn1c(-c2cc3cc(Cl)ccc3o2)nc2ccccc2c1=O. The third kappa shape index (κ3) is 4.27. The summed E-state index contributed by atoms with van der Waals surface area (Å²) in [5, 5.41) is 17.0. The second-order valence-corrected chi connectivity index (χ2v) is 8.92. The second kappa shape index (κ2) is 9.49. The van der Waals surface area contributed by atoms with E-state index in [4.69, 9.17) is 30.8 Å². The summed E-state index contributed by atoms with van der Waals surface area (Å²) < 4.78 is 12.7. The molecule has 0 atom stereocenters. The van der Waals surface area contributed by atoms with E-state index in [0.29, 0.717) is 38.6 Å². The maximum absolute atomic E-state index is 13.6. The number of fused-ring (bicyclic) bond motifs is 3. The maximum Gasteiger partial charge on any atom is 0.341 e. The Labute approximate surface area is 220 Å². The summed E-state index contributed by atoms with van der Waals surface area (Å²) in [5.74, 6) is -0.257. The highest BCUT2D eigenvalue weighted by Gasteiger charge is 2.17. The first-order valence-electron chi connectivity index (χ1n) is 11.6. The van der Waals surface area contributed by atoms with E-state index in [0.717, 1.165) is 16.2 Å². The average Bonchev–Trinajstić information content (AvgIpc) is 3.34. The van der Waals surface area contributed by atoms with Crippen molar-refractivity contribution in [3.63, 3.8) is 0 Å². The van der Waals surface area contributed by atoms with E-state index in [9.17, 15) is 9.59 Å². The fourth-order valence-corrected chi connectivity index (χ4v) is 4.48. The Kier molecular flexibility index (Phi) is 5.86. The van der Waals surface area contributed by atoms with Crippen molar-refractivity contribution < 1.29 is 19.1 Å². The summed E-state index contributed by atoms with van der Waals surface area (Å²) in [6.45, 7) is -0.524. The van der Waals surface area contributed by atoms with Crippen molar-refractivity contribution >= 4 is 56.4 Å².